The van der Waals surface area contributed by atoms with Gasteiger partial charge in [0.25, 0.3) is 0 Å². The third kappa shape index (κ3) is 2.44. The van der Waals surface area contributed by atoms with Gasteiger partial charge in [0, 0.05) is 24.8 Å². The molecule has 0 saturated heterocycles. The maximum atomic E-state index is 6.16. The summed E-state index contributed by atoms with van der Waals surface area (Å²) in [5.41, 5.74) is 9.71. The highest BCUT2D eigenvalue weighted by atomic mass is 35.5. The first kappa shape index (κ1) is 12.8. The summed E-state index contributed by atoms with van der Waals surface area (Å²) in [5, 5.41) is 1.18. The molecular formula is C15H14Cl2N2. The zero-order chi connectivity index (χ0) is 13.4. The van der Waals surface area contributed by atoms with E-state index in [4.69, 9.17) is 28.9 Å². The number of fused-ring (bicyclic) bond motifs is 1. The molecule has 0 aliphatic carbocycles. The van der Waals surface area contributed by atoms with Crippen molar-refractivity contribution < 1.29 is 0 Å². The van der Waals surface area contributed by atoms with Gasteiger partial charge in [0.2, 0.25) is 0 Å². The molecule has 0 amide bonds. The van der Waals surface area contributed by atoms with Crippen LogP contribution in [-0.4, -0.2) is 6.54 Å². The van der Waals surface area contributed by atoms with E-state index in [1.54, 1.807) is 0 Å². The number of benzene rings is 2. The molecule has 0 bridgehead atoms. The van der Waals surface area contributed by atoms with Crippen molar-refractivity contribution in [3.05, 3.63) is 63.6 Å². The van der Waals surface area contributed by atoms with E-state index in [1.165, 1.54) is 11.3 Å². The molecule has 2 aromatic carbocycles. The van der Waals surface area contributed by atoms with Crippen LogP contribution >= 0.6 is 23.2 Å². The highest BCUT2D eigenvalue weighted by molar-refractivity contribution is 6.42. The maximum Gasteiger partial charge on any atom is 0.0595 e. The van der Waals surface area contributed by atoms with Crippen LogP contribution in [0.1, 0.15) is 17.2 Å². The molecule has 0 fully saturated rings. The first-order chi connectivity index (χ1) is 9.15. The second-order valence-electron chi connectivity index (χ2n) is 4.79. The lowest BCUT2D eigenvalue weighted by Gasteiger charge is -2.19. The molecule has 3 rings (SSSR count). The Labute approximate surface area is 122 Å². The Morgan fingerprint density at radius 1 is 1.11 bits per heavy atom. The van der Waals surface area contributed by atoms with Gasteiger partial charge < -0.3 is 10.6 Å². The molecule has 0 saturated carbocycles. The summed E-state index contributed by atoms with van der Waals surface area (Å²) >= 11 is 12.0. The fraction of sp³-hybridized carbons (Fsp3) is 0.200. The molecule has 1 unspecified atom stereocenters. The molecule has 1 heterocycles. The maximum absolute atomic E-state index is 6.16. The molecule has 0 spiro atoms. The minimum atomic E-state index is 0.0824. The lowest BCUT2D eigenvalue weighted by Crippen LogP contribution is -2.23. The van der Waals surface area contributed by atoms with Crippen molar-refractivity contribution in [3.63, 3.8) is 0 Å². The van der Waals surface area contributed by atoms with E-state index < -0.39 is 0 Å². The van der Waals surface area contributed by atoms with Gasteiger partial charge in [-0.05, 0) is 29.3 Å². The first-order valence-corrected chi connectivity index (χ1v) is 6.94. The molecule has 1 aliphatic heterocycles. The summed E-state index contributed by atoms with van der Waals surface area (Å²) in [6.45, 7) is 1.63. The van der Waals surface area contributed by atoms with Crippen molar-refractivity contribution in [2.24, 2.45) is 5.73 Å². The van der Waals surface area contributed by atoms with Crippen molar-refractivity contribution >= 4 is 28.9 Å². The van der Waals surface area contributed by atoms with E-state index in [0.29, 0.717) is 10.0 Å². The van der Waals surface area contributed by atoms with Crippen molar-refractivity contribution in [1.29, 1.82) is 0 Å². The minimum absolute atomic E-state index is 0.0824. The fourth-order valence-corrected chi connectivity index (χ4v) is 2.85. The van der Waals surface area contributed by atoms with E-state index >= 15 is 0 Å². The average molecular weight is 293 g/mol. The van der Waals surface area contributed by atoms with Crippen LogP contribution in [0.25, 0.3) is 0 Å². The van der Waals surface area contributed by atoms with E-state index in [2.05, 4.69) is 17.0 Å². The Bertz CT molecular complexity index is 613. The third-order valence-corrected chi connectivity index (χ3v) is 4.19. The molecule has 2 aromatic rings. The van der Waals surface area contributed by atoms with E-state index in [9.17, 15) is 0 Å². The van der Waals surface area contributed by atoms with Crippen LogP contribution in [0.15, 0.2) is 42.5 Å². The van der Waals surface area contributed by atoms with Gasteiger partial charge in [-0.15, -0.1) is 0 Å². The molecule has 1 aliphatic rings. The Hall–Kier alpha value is -1.22. The monoisotopic (exact) mass is 292 g/mol. The van der Waals surface area contributed by atoms with Gasteiger partial charge in [-0.25, -0.2) is 0 Å². The third-order valence-electron chi connectivity index (χ3n) is 3.45. The molecule has 2 nitrogen and oxygen atoms in total. The van der Waals surface area contributed by atoms with Gasteiger partial charge in [-0.2, -0.15) is 0 Å². The van der Waals surface area contributed by atoms with Gasteiger partial charge >= 0.3 is 0 Å². The topological polar surface area (TPSA) is 29.3 Å². The average Bonchev–Trinajstić information content (AvgIpc) is 2.72. The number of hydrogen-bond acceptors (Lipinski definition) is 2. The molecule has 0 radical (unpaired) electrons. The zero-order valence-corrected chi connectivity index (χ0v) is 11.8. The molecule has 1 atom stereocenters. The molecule has 4 heteroatoms. The van der Waals surface area contributed by atoms with Gasteiger partial charge in [0.1, 0.15) is 0 Å². The lowest BCUT2D eigenvalue weighted by molar-refractivity contribution is 0.720. The minimum Gasteiger partial charge on any atom is -0.365 e. The van der Waals surface area contributed by atoms with E-state index in [0.717, 1.165) is 18.7 Å². The van der Waals surface area contributed by atoms with Gasteiger partial charge in [-0.3, -0.25) is 0 Å². The molecule has 2 N–H and O–H groups in total. The quantitative estimate of drug-likeness (QED) is 0.906. The van der Waals surface area contributed by atoms with E-state index in [-0.39, 0.29) is 6.04 Å². The van der Waals surface area contributed by atoms with Crippen LogP contribution in [0.2, 0.25) is 10.0 Å². The standard InChI is InChI=1S/C15H14Cl2N2/c16-12-6-5-10(7-13(12)17)8-19-9-14(18)11-3-1-2-4-15(11)19/h1-7,14H,8-9,18H2. The van der Waals surface area contributed by atoms with Crippen molar-refractivity contribution in [1.82, 2.24) is 0 Å². The highest BCUT2D eigenvalue weighted by Crippen LogP contribution is 2.34. The number of para-hydroxylation sites is 1. The normalized spacial score (nSPS) is 17.6. The summed E-state index contributed by atoms with van der Waals surface area (Å²) < 4.78 is 0. The Balaban J connectivity index is 1.87. The number of halogens is 2. The molecule has 19 heavy (non-hydrogen) atoms. The summed E-state index contributed by atoms with van der Waals surface area (Å²) in [6, 6.07) is 14.1. The number of nitrogens with two attached hydrogens (primary N) is 1. The van der Waals surface area contributed by atoms with Crippen LogP contribution in [0.5, 0.6) is 0 Å². The predicted octanol–water partition coefficient (Wildman–Crippen LogP) is 4.01. The summed E-state index contributed by atoms with van der Waals surface area (Å²) in [6.07, 6.45) is 0. The number of anilines is 1. The predicted molar refractivity (Wildman–Crippen MR) is 80.9 cm³/mol. The Kier molecular flexibility index (Phi) is 3.40. The first-order valence-electron chi connectivity index (χ1n) is 6.18. The Morgan fingerprint density at radius 3 is 2.68 bits per heavy atom. The van der Waals surface area contributed by atoms with E-state index in [1.807, 2.05) is 30.3 Å². The number of hydrogen-bond donors (Lipinski definition) is 1. The summed E-state index contributed by atoms with van der Waals surface area (Å²) in [4.78, 5) is 2.28. The number of nitrogens with zero attached hydrogens (tertiary/aromatic N) is 1. The largest absolute Gasteiger partial charge is 0.365 e. The van der Waals surface area contributed by atoms with Crippen LogP contribution in [0, 0.1) is 0 Å². The van der Waals surface area contributed by atoms with Crippen molar-refractivity contribution in [2.45, 2.75) is 12.6 Å². The fourth-order valence-electron chi connectivity index (χ4n) is 2.53. The van der Waals surface area contributed by atoms with Gasteiger partial charge in [0.15, 0.2) is 0 Å². The molecule has 98 valence electrons. The highest BCUT2D eigenvalue weighted by Gasteiger charge is 2.25. The lowest BCUT2D eigenvalue weighted by atomic mass is 10.1. The van der Waals surface area contributed by atoms with Crippen LogP contribution in [0.3, 0.4) is 0 Å². The molecule has 0 aromatic heterocycles. The zero-order valence-electron chi connectivity index (χ0n) is 10.3. The van der Waals surface area contributed by atoms with Gasteiger partial charge in [-0.1, -0.05) is 47.5 Å². The number of rotatable bonds is 2. The second kappa shape index (κ2) is 5.04. The van der Waals surface area contributed by atoms with Crippen molar-refractivity contribution in [2.75, 3.05) is 11.4 Å². The smallest absolute Gasteiger partial charge is 0.0595 e. The van der Waals surface area contributed by atoms with Crippen LogP contribution < -0.4 is 10.6 Å². The SMILES string of the molecule is NC1CN(Cc2ccc(Cl)c(Cl)c2)c2ccccc21. The van der Waals surface area contributed by atoms with Crippen LogP contribution in [0.4, 0.5) is 5.69 Å². The Morgan fingerprint density at radius 2 is 1.89 bits per heavy atom. The summed E-state index contributed by atoms with van der Waals surface area (Å²) in [5.74, 6) is 0. The van der Waals surface area contributed by atoms with Crippen molar-refractivity contribution in [3.8, 4) is 0 Å². The summed E-state index contributed by atoms with van der Waals surface area (Å²) in [7, 11) is 0. The second-order valence-corrected chi connectivity index (χ2v) is 5.61. The van der Waals surface area contributed by atoms with Gasteiger partial charge in [0.05, 0.1) is 10.0 Å². The van der Waals surface area contributed by atoms with Crippen LogP contribution in [-0.2, 0) is 6.54 Å². The molecular weight excluding hydrogens is 279 g/mol.